The molecular weight excluding hydrogens is 438 g/mol. The van der Waals surface area contributed by atoms with E-state index in [4.69, 9.17) is 4.74 Å². The van der Waals surface area contributed by atoms with Gasteiger partial charge in [0.2, 0.25) is 5.91 Å². The summed E-state index contributed by atoms with van der Waals surface area (Å²) in [5.41, 5.74) is 1.52. The van der Waals surface area contributed by atoms with Gasteiger partial charge in [-0.05, 0) is 87.7 Å². The summed E-state index contributed by atoms with van der Waals surface area (Å²) in [5.74, 6) is 1.95. The van der Waals surface area contributed by atoms with Crippen LogP contribution in [0.2, 0.25) is 0 Å². The van der Waals surface area contributed by atoms with Crippen LogP contribution in [0.1, 0.15) is 55.3 Å². The van der Waals surface area contributed by atoms with Crippen molar-refractivity contribution in [1.82, 2.24) is 9.80 Å². The van der Waals surface area contributed by atoms with Crippen molar-refractivity contribution in [2.75, 3.05) is 32.1 Å². The van der Waals surface area contributed by atoms with Gasteiger partial charge in [0.15, 0.2) is 0 Å². The predicted octanol–water partition coefficient (Wildman–Crippen LogP) is 4.82. The molecule has 0 spiro atoms. The van der Waals surface area contributed by atoms with Gasteiger partial charge in [0.1, 0.15) is 5.75 Å². The molecule has 3 saturated heterocycles. The van der Waals surface area contributed by atoms with Crippen LogP contribution in [0, 0.1) is 11.8 Å². The van der Waals surface area contributed by atoms with Gasteiger partial charge in [0, 0.05) is 42.4 Å². The number of hydrogen-bond acceptors (Lipinski definition) is 4. The highest BCUT2D eigenvalue weighted by Gasteiger charge is 2.49. The van der Waals surface area contributed by atoms with E-state index in [1.165, 1.54) is 38.8 Å². The van der Waals surface area contributed by atoms with E-state index < -0.39 is 0 Å². The molecule has 0 aliphatic carbocycles. The maximum absolute atomic E-state index is 13.7. The van der Waals surface area contributed by atoms with Gasteiger partial charge in [-0.1, -0.05) is 24.3 Å². The summed E-state index contributed by atoms with van der Waals surface area (Å²) in [6, 6.07) is 17.9. The van der Waals surface area contributed by atoms with Crippen molar-refractivity contribution < 1.29 is 14.3 Å². The Labute approximate surface area is 208 Å². The molecule has 2 aromatic carbocycles. The number of nitrogens with one attached hydrogen (secondary N) is 1. The lowest BCUT2D eigenvalue weighted by atomic mass is 9.69. The van der Waals surface area contributed by atoms with E-state index in [1.54, 1.807) is 7.11 Å². The first kappa shape index (κ1) is 23.9. The van der Waals surface area contributed by atoms with Crippen LogP contribution in [-0.2, 0) is 4.79 Å². The van der Waals surface area contributed by atoms with E-state index in [0.29, 0.717) is 24.3 Å². The molecule has 35 heavy (non-hydrogen) atoms. The Balaban J connectivity index is 1.29. The number of methoxy groups -OCH3 is 1. The van der Waals surface area contributed by atoms with E-state index in [0.717, 1.165) is 36.4 Å². The third-order valence-corrected chi connectivity index (χ3v) is 8.21. The molecule has 186 valence electrons. The lowest BCUT2D eigenvalue weighted by Crippen LogP contribution is -2.65. The molecule has 0 radical (unpaired) electrons. The molecule has 2 aromatic rings. The molecule has 0 unspecified atom stereocenters. The summed E-state index contributed by atoms with van der Waals surface area (Å²) in [6.45, 7) is 3.23. The summed E-state index contributed by atoms with van der Waals surface area (Å²) < 4.78 is 5.26. The van der Waals surface area contributed by atoms with Crippen molar-refractivity contribution in [1.29, 1.82) is 0 Å². The Morgan fingerprint density at radius 1 is 1.03 bits per heavy atom. The third kappa shape index (κ3) is 5.22. The van der Waals surface area contributed by atoms with Crippen molar-refractivity contribution in [2.45, 2.75) is 57.0 Å². The molecular formula is C29H37N3O3. The molecule has 6 nitrogen and oxygen atoms in total. The van der Waals surface area contributed by atoms with E-state index in [2.05, 4.69) is 15.1 Å². The molecule has 2 amide bonds. The number of likely N-dealkylation sites (tertiary alicyclic amines) is 1. The lowest BCUT2D eigenvalue weighted by Gasteiger charge is -2.57. The second kappa shape index (κ2) is 10.8. The van der Waals surface area contributed by atoms with Crippen LogP contribution in [0.4, 0.5) is 5.69 Å². The van der Waals surface area contributed by atoms with Crippen molar-refractivity contribution in [3.8, 4) is 5.75 Å². The number of nitrogens with zero attached hydrogens (tertiary/aromatic N) is 2. The smallest absolute Gasteiger partial charge is 0.254 e. The van der Waals surface area contributed by atoms with Crippen molar-refractivity contribution in [2.24, 2.45) is 11.8 Å². The molecule has 4 atom stereocenters. The zero-order valence-electron chi connectivity index (χ0n) is 20.7. The molecule has 0 bridgehead atoms. The van der Waals surface area contributed by atoms with Crippen molar-refractivity contribution in [3.05, 3.63) is 60.2 Å². The number of carbonyl (C=O) groups is 2. The van der Waals surface area contributed by atoms with Crippen LogP contribution in [0.5, 0.6) is 5.75 Å². The number of carbonyl (C=O) groups excluding carboxylic acids is 2. The quantitative estimate of drug-likeness (QED) is 0.624. The van der Waals surface area contributed by atoms with Crippen LogP contribution < -0.4 is 10.1 Å². The number of benzene rings is 2. The van der Waals surface area contributed by atoms with Gasteiger partial charge in [-0.15, -0.1) is 0 Å². The number of anilines is 1. The Bertz CT molecular complexity index is 1020. The summed E-state index contributed by atoms with van der Waals surface area (Å²) in [6.07, 6.45) is 6.91. The van der Waals surface area contributed by atoms with Gasteiger partial charge in [0.05, 0.1) is 7.11 Å². The Kier molecular flexibility index (Phi) is 7.37. The minimum atomic E-state index is 0.0100. The number of hydrogen-bond donors (Lipinski definition) is 1. The SMILES string of the molecule is COc1cccc(NC(=O)CCC[C@@H]2[C@H]3CCCN4CCC[C@@H](CN2C(=O)c2ccccc2)[C@@H]34)c1. The largest absolute Gasteiger partial charge is 0.497 e. The molecule has 6 heteroatoms. The van der Waals surface area contributed by atoms with Gasteiger partial charge in [-0.25, -0.2) is 0 Å². The molecule has 3 aliphatic rings. The van der Waals surface area contributed by atoms with Crippen LogP contribution in [-0.4, -0.2) is 60.4 Å². The Morgan fingerprint density at radius 2 is 1.83 bits per heavy atom. The van der Waals surface area contributed by atoms with Gasteiger partial charge in [-0.3, -0.25) is 14.5 Å². The zero-order chi connectivity index (χ0) is 24.2. The summed E-state index contributed by atoms with van der Waals surface area (Å²) >= 11 is 0. The first-order valence-corrected chi connectivity index (χ1v) is 13.2. The van der Waals surface area contributed by atoms with E-state index >= 15 is 0 Å². The maximum atomic E-state index is 13.7. The molecule has 3 aliphatic heterocycles. The molecule has 0 saturated carbocycles. The van der Waals surface area contributed by atoms with Gasteiger partial charge in [0.25, 0.3) is 5.91 Å². The molecule has 5 rings (SSSR count). The minimum Gasteiger partial charge on any atom is -0.497 e. The second-order valence-electron chi connectivity index (χ2n) is 10.3. The minimum absolute atomic E-state index is 0.0100. The number of piperidine rings is 3. The lowest BCUT2D eigenvalue weighted by molar-refractivity contribution is -0.116. The topological polar surface area (TPSA) is 61.9 Å². The Morgan fingerprint density at radius 3 is 2.63 bits per heavy atom. The average molecular weight is 476 g/mol. The maximum Gasteiger partial charge on any atom is 0.254 e. The fraction of sp³-hybridized carbons (Fsp3) is 0.517. The average Bonchev–Trinajstić information content (AvgIpc) is 2.90. The monoisotopic (exact) mass is 475 g/mol. The number of ether oxygens (including phenoxy) is 1. The van der Waals surface area contributed by atoms with Crippen LogP contribution >= 0.6 is 0 Å². The predicted molar refractivity (Wildman–Crippen MR) is 138 cm³/mol. The highest BCUT2D eigenvalue weighted by atomic mass is 16.5. The highest BCUT2D eigenvalue weighted by Crippen LogP contribution is 2.43. The van der Waals surface area contributed by atoms with E-state index in [1.807, 2.05) is 54.6 Å². The number of rotatable bonds is 7. The molecule has 3 fully saturated rings. The fourth-order valence-corrected chi connectivity index (χ4v) is 6.74. The molecule has 3 heterocycles. The molecule has 0 aromatic heterocycles. The second-order valence-corrected chi connectivity index (χ2v) is 10.3. The first-order chi connectivity index (χ1) is 17.1. The number of amides is 2. The fourth-order valence-electron chi connectivity index (χ4n) is 6.74. The third-order valence-electron chi connectivity index (χ3n) is 8.21. The Hall–Kier alpha value is -2.86. The van der Waals surface area contributed by atoms with Crippen LogP contribution in [0.3, 0.4) is 0 Å². The van der Waals surface area contributed by atoms with Gasteiger partial charge in [-0.2, -0.15) is 0 Å². The molecule has 1 N–H and O–H groups in total. The highest BCUT2D eigenvalue weighted by molar-refractivity contribution is 5.94. The standard InChI is InChI=1S/C29H37N3O3/c1-35-24-13-5-12-23(19-24)30-27(33)16-6-15-26-25-14-8-18-31-17-7-11-22(28(25)31)20-32(26)29(34)21-9-3-2-4-10-21/h2-5,9-10,12-13,19,22,25-26,28H,6-8,11,14-18,20H2,1H3,(H,30,33)/t22-,25+,26+,28-/m0/s1. The van der Waals surface area contributed by atoms with E-state index in [-0.39, 0.29) is 17.9 Å². The van der Waals surface area contributed by atoms with Crippen LogP contribution in [0.15, 0.2) is 54.6 Å². The van der Waals surface area contributed by atoms with Gasteiger partial charge >= 0.3 is 0 Å². The van der Waals surface area contributed by atoms with Crippen molar-refractivity contribution >= 4 is 17.5 Å². The van der Waals surface area contributed by atoms with E-state index in [9.17, 15) is 9.59 Å². The normalized spacial score (nSPS) is 26.0. The van der Waals surface area contributed by atoms with Crippen molar-refractivity contribution in [3.63, 3.8) is 0 Å². The van der Waals surface area contributed by atoms with Gasteiger partial charge < -0.3 is 15.0 Å². The summed E-state index contributed by atoms with van der Waals surface area (Å²) in [5, 5.41) is 3.00. The van der Waals surface area contributed by atoms with Crippen LogP contribution in [0.25, 0.3) is 0 Å². The first-order valence-electron chi connectivity index (χ1n) is 13.2. The summed E-state index contributed by atoms with van der Waals surface area (Å²) in [4.78, 5) is 31.2. The zero-order valence-corrected chi connectivity index (χ0v) is 20.7. The summed E-state index contributed by atoms with van der Waals surface area (Å²) in [7, 11) is 1.62.